The normalized spacial score (nSPS) is 11.6. The predicted octanol–water partition coefficient (Wildman–Crippen LogP) is 1.88. The van der Waals surface area contributed by atoms with E-state index in [1.165, 1.54) is 4.68 Å². The smallest absolute Gasteiger partial charge is 0.441 e. The van der Waals surface area contributed by atoms with Gasteiger partial charge in [-0.1, -0.05) is 0 Å². The second-order valence-corrected chi connectivity index (χ2v) is 4.92. The molecule has 0 radical (unpaired) electrons. The zero-order valence-electron chi connectivity index (χ0n) is 10.5. The molecule has 0 spiro atoms. The second-order valence-electron chi connectivity index (χ2n) is 3.76. The molecule has 108 valence electrons. The van der Waals surface area contributed by atoms with Gasteiger partial charge in [0.05, 0.1) is 17.1 Å². The minimum atomic E-state index is -4.31. The Balaban J connectivity index is 2.37. The molecule has 0 saturated carbocycles. The van der Waals surface area contributed by atoms with Crippen molar-refractivity contribution in [2.75, 3.05) is 18.1 Å². The maximum absolute atomic E-state index is 11.8. The zero-order valence-corrected chi connectivity index (χ0v) is 11.3. The van der Waals surface area contributed by atoms with E-state index in [4.69, 9.17) is 5.73 Å². The first-order valence-electron chi connectivity index (χ1n) is 5.36. The van der Waals surface area contributed by atoms with Crippen molar-refractivity contribution in [1.82, 2.24) is 9.78 Å². The summed E-state index contributed by atoms with van der Waals surface area (Å²) in [7, 11) is 0. The number of alkyl halides is 3. The highest BCUT2D eigenvalue weighted by atomic mass is 32.2. The molecule has 1 rings (SSSR count). The van der Waals surface area contributed by atoms with Crippen LogP contribution in [0.15, 0.2) is 0 Å². The van der Waals surface area contributed by atoms with Gasteiger partial charge in [0.1, 0.15) is 13.2 Å². The van der Waals surface area contributed by atoms with Crippen molar-refractivity contribution in [2.24, 2.45) is 0 Å². The molecular formula is C10H14F3N3O2S. The van der Waals surface area contributed by atoms with Crippen molar-refractivity contribution in [2.45, 2.75) is 25.9 Å². The number of anilines is 1. The summed E-state index contributed by atoms with van der Waals surface area (Å²) in [5.41, 5.74) is 3.08. The molecule has 2 N–H and O–H groups in total. The van der Waals surface area contributed by atoms with Crippen LogP contribution in [-0.2, 0) is 16.1 Å². The fourth-order valence-electron chi connectivity index (χ4n) is 1.35. The fraction of sp³-hybridized carbons (Fsp3) is 0.600. The van der Waals surface area contributed by atoms with Gasteiger partial charge in [-0.15, -0.1) is 0 Å². The van der Waals surface area contributed by atoms with Crippen LogP contribution in [0.2, 0.25) is 0 Å². The van der Waals surface area contributed by atoms with E-state index in [1.807, 2.05) is 0 Å². The summed E-state index contributed by atoms with van der Waals surface area (Å²) in [5.74, 6) is -0.970. The van der Waals surface area contributed by atoms with E-state index < -0.39 is 11.5 Å². The van der Waals surface area contributed by atoms with Gasteiger partial charge < -0.3 is 10.5 Å². The Labute approximate surface area is 112 Å². The Kier molecular flexibility index (Phi) is 5.10. The molecule has 1 heterocycles. The van der Waals surface area contributed by atoms with E-state index in [9.17, 15) is 18.0 Å². The largest absolute Gasteiger partial charge is 0.463 e. The lowest BCUT2D eigenvalue weighted by Gasteiger charge is -2.07. The molecule has 19 heavy (non-hydrogen) atoms. The number of hydrogen-bond donors (Lipinski definition) is 1. The Morgan fingerprint density at radius 1 is 1.47 bits per heavy atom. The van der Waals surface area contributed by atoms with Gasteiger partial charge in [-0.2, -0.15) is 18.3 Å². The van der Waals surface area contributed by atoms with Crippen LogP contribution in [0.1, 0.15) is 11.4 Å². The summed E-state index contributed by atoms with van der Waals surface area (Å²) in [4.78, 5) is 11.4. The molecule has 9 heteroatoms. The SMILES string of the molecule is Cc1nn(CC(=O)OCCSC(F)(F)F)c(C)c1N. The van der Waals surface area contributed by atoms with E-state index in [0.29, 0.717) is 17.1 Å². The van der Waals surface area contributed by atoms with Gasteiger partial charge in [-0.3, -0.25) is 9.48 Å². The fourth-order valence-corrected chi connectivity index (χ4v) is 1.74. The number of carbonyl (C=O) groups excluding carboxylic acids is 1. The number of nitrogens with two attached hydrogens (primary N) is 1. The van der Waals surface area contributed by atoms with Crippen LogP contribution in [0.5, 0.6) is 0 Å². The molecular weight excluding hydrogens is 283 g/mol. The van der Waals surface area contributed by atoms with Gasteiger partial charge in [-0.25, -0.2) is 0 Å². The van der Waals surface area contributed by atoms with Gasteiger partial charge in [0.2, 0.25) is 0 Å². The highest BCUT2D eigenvalue weighted by Crippen LogP contribution is 2.29. The van der Waals surface area contributed by atoms with E-state index in [2.05, 4.69) is 9.84 Å². The lowest BCUT2D eigenvalue weighted by Crippen LogP contribution is -2.17. The number of ether oxygens (including phenoxy) is 1. The topological polar surface area (TPSA) is 70.1 Å². The molecule has 1 aromatic rings. The third kappa shape index (κ3) is 5.01. The monoisotopic (exact) mass is 297 g/mol. The maximum atomic E-state index is 11.8. The zero-order chi connectivity index (χ0) is 14.6. The molecule has 0 unspecified atom stereocenters. The number of thioether (sulfide) groups is 1. The summed E-state index contributed by atoms with van der Waals surface area (Å²) < 4.78 is 41.5. The molecule has 0 aliphatic carbocycles. The lowest BCUT2D eigenvalue weighted by atomic mass is 10.3. The van der Waals surface area contributed by atoms with Crippen LogP contribution in [0, 0.1) is 13.8 Å². The number of carbonyl (C=O) groups is 1. The average Bonchev–Trinajstić information content (AvgIpc) is 2.51. The van der Waals surface area contributed by atoms with Crippen LogP contribution < -0.4 is 5.73 Å². The van der Waals surface area contributed by atoms with Crippen molar-refractivity contribution in [3.63, 3.8) is 0 Å². The number of aryl methyl sites for hydroxylation is 1. The van der Waals surface area contributed by atoms with Crippen LogP contribution in [0.3, 0.4) is 0 Å². The first-order valence-corrected chi connectivity index (χ1v) is 6.35. The van der Waals surface area contributed by atoms with Crippen molar-refractivity contribution >= 4 is 23.4 Å². The van der Waals surface area contributed by atoms with E-state index >= 15 is 0 Å². The Bertz CT molecular complexity index is 460. The molecule has 0 atom stereocenters. The summed E-state index contributed by atoms with van der Waals surface area (Å²) in [5, 5.41) is 4.02. The van der Waals surface area contributed by atoms with Crippen molar-refractivity contribution < 1.29 is 22.7 Å². The molecule has 0 aromatic carbocycles. The van der Waals surface area contributed by atoms with Gasteiger partial charge in [0, 0.05) is 5.75 Å². The molecule has 0 fully saturated rings. The summed E-state index contributed by atoms with van der Waals surface area (Å²) in [6.07, 6.45) is 0. The van der Waals surface area contributed by atoms with Crippen LogP contribution >= 0.6 is 11.8 Å². The number of nitrogen functional groups attached to an aromatic ring is 1. The maximum Gasteiger partial charge on any atom is 0.441 e. The van der Waals surface area contributed by atoms with Crippen molar-refractivity contribution in [1.29, 1.82) is 0 Å². The van der Waals surface area contributed by atoms with Crippen LogP contribution in [-0.4, -0.2) is 33.6 Å². The summed E-state index contributed by atoms with van der Waals surface area (Å²) >= 11 is -0.228. The van der Waals surface area contributed by atoms with E-state index in [1.54, 1.807) is 13.8 Å². The molecule has 0 saturated heterocycles. The predicted molar refractivity (Wildman–Crippen MR) is 65.6 cm³/mol. The molecule has 0 aliphatic heterocycles. The highest BCUT2D eigenvalue weighted by molar-refractivity contribution is 8.00. The summed E-state index contributed by atoms with van der Waals surface area (Å²) in [6, 6.07) is 0. The third-order valence-corrected chi connectivity index (χ3v) is 3.03. The number of esters is 1. The van der Waals surface area contributed by atoms with Crippen LogP contribution in [0.25, 0.3) is 0 Å². The van der Waals surface area contributed by atoms with E-state index in [0.717, 1.165) is 0 Å². The second kappa shape index (κ2) is 6.18. The Morgan fingerprint density at radius 3 is 2.58 bits per heavy atom. The van der Waals surface area contributed by atoms with Crippen molar-refractivity contribution in [3.8, 4) is 0 Å². The molecule has 1 aromatic heterocycles. The van der Waals surface area contributed by atoms with Crippen LogP contribution in [0.4, 0.5) is 18.9 Å². The third-order valence-electron chi connectivity index (χ3n) is 2.33. The number of hydrogen-bond acceptors (Lipinski definition) is 5. The number of halogens is 3. The molecule has 0 bridgehead atoms. The van der Waals surface area contributed by atoms with Crippen molar-refractivity contribution in [3.05, 3.63) is 11.4 Å². The first-order chi connectivity index (χ1) is 8.70. The Morgan fingerprint density at radius 2 is 2.11 bits per heavy atom. The minimum absolute atomic E-state index is 0.166. The minimum Gasteiger partial charge on any atom is -0.463 e. The average molecular weight is 297 g/mol. The number of aromatic nitrogens is 2. The molecule has 5 nitrogen and oxygen atoms in total. The first kappa shape index (κ1) is 15.7. The van der Waals surface area contributed by atoms with Gasteiger partial charge in [0.25, 0.3) is 0 Å². The highest BCUT2D eigenvalue weighted by Gasteiger charge is 2.27. The van der Waals surface area contributed by atoms with E-state index in [-0.39, 0.29) is 30.7 Å². The van der Waals surface area contributed by atoms with Gasteiger partial charge in [0.15, 0.2) is 0 Å². The quantitative estimate of drug-likeness (QED) is 0.664. The Hall–Kier alpha value is -1.38. The number of nitrogens with zero attached hydrogens (tertiary/aromatic N) is 2. The van der Waals surface area contributed by atoms with Gasteiger partial charge in [-0.05, 0) is 25.6 Å². The number of rotatable bonds is 5. The van der Waals surface area contributed by atoms with Gasteiger partial charge >= 0.3 is 11.5 Å². The molecule has 0 amide bonds. The lowest BCUT2D eigenvalue weighted by molar-refractivity contribution is -0.144. The summed E-state index contributed by atoms with van der Waals surface area (Å²) in [6.45, 7) is 2.94. The standard InChI is InChI=1S/C10H14F3N3O2S/c1-6-9(14)7(2)16(15-6)5-8(17)18-3-4-19-10(11,12)13/h3-5,14H2,1-2H3. The molecule has 0 aliphatic rings.